The van der Waals surface area contributed by atoms with E-state index in [1.165, 1.54) is 17.9 Å². The third kappa shape index (κ3) is 10.9. The number of methoxy groups -OCH3 is 1. The Morgan fingerprint density at radius 1 is 0.658 bits per heavy atom. The lowest BCUT2D eigenvalue weighted by molar-refractivity contribution is -0.745. The number of nitrogens with one attached hydrogen (secondary N) is 2. The molecule has 0 radical (unpaired) electrons. The number of fused-ring (bicyclic) bond motifs is 3. The predicted octanol–water partition coefficient (Wildman–Crippen LogP) is -5.13. The lowest BCUT2D eigenvalue weighted by Crippen LogP contribution is -2.46. The van der Waals surface area contributed by atoms with E-state index < -0.39 is 136 Å². The van der Waals surface area contributed by atoms with Gasteiger partial charge in [0.15, 0.2) is 41.4 Å². The summed E-state index contributed by atoms with van der Waals surface area (Å²) in [6.07, 6.45) is -17.2. The van der Waals surface area contributed by atoms with E-state index in [0.717, 1.165) is 33.5 Å². The molecule has 3 fully saturated rings. The van der Waals surface area contributed by atoms with Crippen molar-refractivity contribution in [3.63, 3.8) is 0 Å². The number of aliphatic hydroxyl groups excluding tert-OH is 4. The number of aryl methyl sites for hydroxylation is 1. The molecule has 6 aromatic rings. The maximum absolute atomic E-state index is 13.7. The van der Waals surface area contributed by atoms with Crippen LogP contribution in [-0.4, -0.2) is 175 Å². The minimum Gasteiger partial charge on any atom is -0.387 e. The van der Waals surface area contributed by atoms with Crippen molar-refractivity contribution in [2.45, 2.75) is 73.6 Å². The summed E-state index contributed by atoms with van der Waals surface area (Å²) in [5.41, 5.74) is 21.0. The number of aliphatic hydroxyl groups is 4. The number of aromatic nitrogens is 12. The number of phosphoric acid groups is 4. The minimum absolute atomic E-state index is 0.0279. The molecule has 9 rings (SSSR count). The first-order valence-corrected chi connectivity index (χ1v) is 27.4. The average molecular weight is 1160 g/mol. The van der Waals surface area contributed by atoms with Gasteiger partial charge in [-0.3, -0.25) is 51.4 Å². The van der Waals surface area contributed by atoms with Gasteiger partial charge in [-0.25, -0.2) is 32.8 Å². The molecule has 3 aliphatic heterocycles. The lowest BCUT2D eigenvalue weighted by atomic mass is 10.1. The normalized spacial score (nSPS) is 30.2. The van der Waals surface area contributed by atoms with Crippen LogP contribution >= 0.6 is 31.3 Å². The molecule has 3 aliphatic rings. The first kappa shape index (κ1) is 55.4. The molecule has 7 unspecified atom stereocenters. The van der Waals surface area contributed by atoms with E-state index in [-0.39, 0.29) is 57.2 Å². The Balaban J connectivity index is 0.870. The van der Waals surface area contributed by atoms with E-state index in [1.54, 1.807) is 0 Å². The number of nitrogens with zero attached hydrogens (tertiary/aromatic N) is 10. The van der Waals surface area contributed by atoms with Crippen molar-refractivity contribution in [2.24, 2.45) is 7.05 Å². The van der Waals surface area contributed by atoms with E-state index in [1.807, 2.05) is 0 Å². The summed E-state index contributed by atoms with van der Waals surface area (Å²) in [7, 11) is -21.0. The van der Waals surface area contributed by atoms with Crippen LogP contribution in [0.5, 0.6) is 0 Å². The quantitative estimate of drug-likeness (QED) is 0.0266. The average Bonchev–Trinajstić information content (AvgIpc) is 4.17. The second-order valence-corrected chi connectivity index (χ2v) is 22.7. The van der Waals surface area contributed by atoms with Gasteiger partial charge in [0, 0.05) is 7.11 Å². The van der Waals surface area contributed by atoms with Crippen LogP contribution in [0.25, 0.3) is 33.5 Å². The highest BCUT2D eigenvalue weighted by Gasteiger charge is 2.54. The molecule has 6 aromatic heterocycles. The molecule has 0 saturated carbocycles. The molecule has 18 N–H and O–H groups in total. The van der Waals surface area contributed by atoms with Crippen molar-refractivity contribution in [2.75, 3.05) is 49.9 Å². The van der Waals surface area contributed by atoms with Gasteiger partial charge >= 0.3 is 36.9 Å². The number of hydrogen-bond acceptors (Lipinski definition) is 30. The number of nitrogen functional groups attached to an aromatic ring is 4. The molecule has 416 valence electrons. The van der Waals surface area contributed by atoms with Gasteiger partial charge in [0.2, 0.25) is 23.6 Å². The standard InChI is InChI=1S/C32H44N16O24P4/c1-45-8-48(24-14(45)26(54)44-32(36)42-24)28-18(52)16(50)10(68-28)4-65-74(57,58)71-76(61,62)72-75(59,60)66-5-11-19(20(63-2)29(69-11)47-6-37-12-21(33)39-30(34)40-22(12)47)70-73(55,56)64-3-9-15(49)17(51)27(67-9)46-7-38-13-23(46)41-31(35)43-25(13)53/h6-11,15-20,27-29,49-52H,3-5H2,1-2H3,(H13-,33,34,35,36,39,40,41,42,43,44,53,54,55,56,57,58,59,60,61,62)/p+1/t9-,10-,11-,15+,16+,17?,18?,19+,20?,27-,28-,29-/m1/s1. The molecule has 0 bridgehead atoms. The third-order valence-corrected chi connectivity index (χ3v) is 16.9. The molecule has 44 heteroatoms. The molecular weight excluding hydrogens is 1120 g/mol. The highest BCUT2D eigenvalue weighted by Crippen LogP contribution is 2.68. The number of phosphoric ester groups is 3. The Kier molecular flexibility index (Phi) is 14.9. The molecule has 40 nitrogen and oxygen atoms in total. The van der Waals surface area contributed by atoms with Crippen molar-refractivity contribution in [1.29, 1.82) is 0 Å². The Morgan fingerprint density at radius 3 is 1.86 bits per heavy atom. The zero-order valence-electron chi connectivity index (χ0n) is 38.5. The second kappa shape index (κ2) is 20.5. The predicted molar refractivity (Wildman–Crippen MR) is 243 cm³/mol. The first-order valence-electron chi connectivity index (χ1n) is 21.4. The number of rotatable bonds is 19. The van der Waals surface area contributed by atoms with E-state index in [4.69, 9.17) is 55.5 Å². The van der Waals surface area contributed by atoms with Crippen LogP contribution in [0.15, 0.2) is 28.6 Å². The highest BCUT2D eigenvalue weighted by molar-refractivity contribution is 7.66. The number of imidazole rings is 3. The number of hydrogen-bond donors (Lipinski definition) is 14. The van der Waals surface area contributed by atoms with Gasteiger partial charge < -0.3 is 81.9 Å². The monoisotopic (exact) mass is 1160 g/mol. The van der Waals surface area contributed by atoms with Gasteiger partial charge in [0.05, 0.1) is 39.5 Å². The molecule has 9 heterocycles. The summed E-state index contributed by atoms with van der Waals surface area (Å²) in [5.74, 6) is -1.18. The number of ether oxygens (including phenoxy) is 4. The minimum atomic E-state index is -6.22. The van der Waals surface area contributed by atoms with Gasteiger partial charge in [-0.15, -0.1) is 0 Å². The van der Waals surface area contributed by atoms with Crippen LogP contribution in [0.3, 0.4) is 0 Å². The van der Waals surface area contributed by atoms with Gasteiger partial charge in [0.1, 0.15) is 60.5 Å². The highest BCUT2D eigenvalue weighted by atomic mass is 31.3. The number of aromatic amines is 2. The smallest absolute Gasteiger partial charge is 0.387 e. The molecule has 16 atom stereocenters. The summed E-state index contributed by atoms with van der Waals surface area (Å²) in [6, 6.07) is 0. The molecule has 0 aromatic carbocycles. The first-order chi connectivity index (χ1) is 35.6. The molecular formula is C32H45N16O24P4+. The van der Waals surface area contributed by atoms with Crippen LogP contribution < -0.4 is 38.6 Å². The summed E-state index contributed by atoms with van der Waals surface area (Å²) in [6.45, 7) is -3.45. The fraction of sp³-hybridized carbons (Fsp3) is 0.531. The van der Waals surface area contributed by atoms with E-state index in [0.29, 0.717) is 0 Å². The largest absolute Gasteiger partial charge is 0.490 e. The van der Waals surface area contributed by atoms with Crippen molar-refractivity contribution in [3.8, 4) is 0 Å². The fourth-order valence-electron chi connectivity index (χ4n) is 8.37. The van der Waals surface area contributed by atoms with Crippen molar-refractivity contribution < 1.29 is 108 Å². The van der Waals surface area contributed by atoms with Crippen LogP contribution in [0.2, 0.25) is 0 Å². The van der Waals surface area contributed by atoms with Gasteiger partial charge in [-0.2, -0.15) is 23.6 Å². The molecule has 0 amide bonds. The Hall–Kier alpha value is -5.35. The summed E-state index contributed by atoms with van der Waals surface area (Å²) < 4.78 is 109. The van der Waals surface area contributed by atoms with Crippen LogP contribution in [0.1, 0.15) is 18.7 Å². The van der Waals surface area contributed by atoms with Gasteiger partial charge in [-0.05, 0) is 0 Å². The topological polar surface area (TPSA) is 588 Å². The maximum atomic E-state index is 13.7. The molecule has 0 aliphatic carbocycles. The maximum Gasteiger partial charge on any atom is 0.490 e. The van der Waals surface area contributed by atoms with Crippen LogP contribution in [-0.2, 0) is 71.0 Å². The Labute approximate surface area is 420 Å². The SMILES string of the molecule is COC1[C@@H](OP(=O)(O)OC[C@H]2O[C@@H](n3cnc4c(=O)[nH]c(N)nc43)C(O)[C@H]2O)[C@@H](COP(=O)(O)OP(=O)(O)OP(=O)(O)OC[C@H]2O[C@@H]([n+]3cn(C)c4c(=O)[nH]c(N)nc43)C(O)[C@H]2O)O[C@H]1n1cnc2c(N)nc(N)nc21. The number of nitrogens with two attached hydrogens (primary N) is 4. The van der Waals surface area contributed by atoms with Gasteiger partial charge in [0.25, 0.3) is 17.1 Å². The van der Waals surface area contributed by atoms with E-state index in [9.17, 15) is 67.8 Å². The zero-order valence-corrected chi connectivity index (χ0v) is 42.0. The van der Waals surface area contributed by atoms with E-state index >= 15 is 0 Å². The van der Waals surface area contributed by atoms with Crippen LogP contribution in [0, 0.1) is 0 Å². The van der Waals surface area contributed by atoms with Crippen molar-refractivity contribution in [1.82, 2.24) is 53.6 Å². The zero-order chi connectivity index (χ0) is 55.1. The van der Waals surface area contributed by atoms with Crippen molar-refractivity contribution >= 4 is 88.4 Å². The number of anilines is 4. The van der Waals surface area contributed by atoms with Gasteiger partial charge in [-0.1, -0.05) is 4.98 Å². The summed E-state index contributed by atoms with van der Waals surface area (Å²) in [5, 5.41) is 43.2. The fourth-order valence-corrected chi connectivity index (χ4v) is 12.9. The van der Waals surface area contributed by atoms with Crippen LogP contribution in [0.4, 0.5) is 23.7 Å². The lowest BCUT2D eigenvalue weighted by Gasteiger charge is -2.26. The Morgan fingerprint density at radius 2 is 1.20 bits per heavy atom. The molecule has 0 spiro atoms. The summed E-state index contributed by atoms with van der Waals surface area (Å²) in [4.78, 5) is 95.6. The third-order valence-electron chi connectivity index (χ3n) is 11.6. The van der Waals surface area contributed by atoms with E-state index in [2.05, 4.69) is 53.0 Å². The second-order valence-electron chi connectivity index (χ2n) is 16.7. The molecule has 3 saturated heterocycles. The number of H-pyrrole nitrogens is 2. The Bertz CT molecular complexity index is 3520. The molecule has 76 heavy (non-hydrogen) atoms. The summed E-state index contributed by atoms with van der Waals surface area (Å²) >= 11 is 0. The van der Waals surface area contributed by atoms with Crippen molar-refractivity contribution in [3.05, 3.63) is 39.7 Å².